The lowest BCUT2D eigenvalue weighted by atomic mass is 10.1. The van der Waals surface area contributed by atoms with Crippen molar-refractivity contribution in [3.05, 3.63) is 63.5 Å². The number of benzene rings is 1. The predicted molar refractivity (Wildman–Crippen MR) is 73.9 cm³/mol. The molecule has 0 atom stereocenters. The lowest BCUT2D eigenvalue weighted by Crippen LogP contribution is -2.04. The minimum Gasteiger partial charge on any atom is -0.502 e. The molecule has 0 unspecified atom stereocenters. The molecule has 0 bridgehead atoms. The first-order valence-electron chi connectivity index (χ1n) is 6.14. The van der Waals surface area contributed by atoms with E-state index in [1.54, 1.807) is 0 Å². The molecule has 0 saturated heterocycles. The molecule has 23 heavy (non-hydrogen) atoms. The number of aromatic amines is 1. The zero-order chi connectivity index (χ0) is 17.2. The second-order valence-corrected chi connectivity index (χ2v) is 4.50. The van der Waals surface area contributed by atoms with Gasteiger partial charge in [0.1, 0.15) is 5.69 Å². The summed E-state index contributed by atoms with van der Waals surface area (Å²) in [4.78, 5) is 23.7. The Morgan fingerprint density at radius 3 is 2.57 bits per heavy atom. The van der Waals surface area contributed by atoms with Gasteiger partial charge in [0, 0.05) is 17.8 Å². The van der Waals surface area contributed by atoms with Crippen LogP contribution in [0.3, 0.4) is 0 Å². The van der Waals surface area contributed by atoms with Crippen molar-refractivity contribution in [2.75, 3.05) is 0 Å². The second kappa shape index (κ2) is 5.95. The Balaban J connectivity index is 2.20. The van der Waals surface area contributed by atoms with Crippen LogP contribution in [0, 0.1) is 10.1 Å². The highest BCUT2D eigenvalue weighted by Crippen LogP contribution is 2.29. The number of carbonyl (C=O) groups excluding carboxylic acids is 1. The Hall–Kier alpha value is -3.10. The fourth-order valence-corrected chi connectivity index (χ4v) is 1.76. The number of ketones is 1. The average molecular weight is 326 g/mol. The zero-order valence-corrected chi connectivity index (χ0v) is 11.3. The van der Waals surface area contributed by atoms with Crippen molar-refractivity contribution >= 4 is 17.5 Å². The van der Waals surface area contributed by atoms with Crippen LogP contribution in [-0.2, 0) is 6.18 Å². The van der Waals surface area contributed by atoms with E-state index in [1.165, 1.54) is 6.07 Å². The first kappa shape index (κ1) is 16.3. The number of hydrogen-bond donors (Lipinski definition) is 2. The molecule has 0 radical (unpaired) electrons. The molecule has 1 heterocycles. The van der Waals surface area contributed by atoms with E-state index in [0.717, 1.165) is 36.5 Å². The number of rotatable bonds is 4. The number of alkyl halides is 3. The Bertz CT molecular complexity index is 794. The summed E-state index contributed by atoms with van der Waals surface area (Å²) in [6, 6.07) is 3.88. The molecule has 2 aromatic rings. The van der Waals surface area contributed by atoms with E-state index in [-0.39, 0.29) is 11.1 Å². The fourth-order valence-electron chi connectivity index (χ4n) is 1.76. The Labute approximate surface area is 127 Å². The molecule has 0 aliphatic carbocycles. The highest BCUT2D eigenvalue weighted by atomic mass is 19.4. The number of aromatic hydroxyl groups is 1. The van der Waals surface area contributed by atoms with Crippen molar-refractivity contribution in [2.24, 2.45) is 0 Å². The molecule has 0 spiro atoms. The number of aromatic nitrogens is 1. The Morgan fingerprint density at radius 1 is 1.30 bits per heavy atom. The standard InChI is InChI=1S/C14H9F3N2O4/c15-14(16,17)13-5-8(7-18-13)1-3-11(20)9-2-4-12(21)10(6-9)19(22)23/h1-7,18,21H. The molecule has 9 heteroatoms. The number of nitrogens with zero attached hydrogens (tertiary/aromatic N) is 1. The van der Waals surface area contributed by atoms with Crippen LogP contribution >= 0.6 is 0 Å². The molecule has 1 aromatic carbocycles. The van der Waals surface area contributed by atoms with Gasteiger partial charge in [-0.3, -0.25) is 14.9 Å². The van der Waals surface area contributed by atoms with Crippen LogP contribution in [0.4, 0.5) is 18.9 Å². The molecule has 0 aliphatic rings. The number of H-pyrrole nitrogens is 1. The minimum atomic E-state index is -4.52. The fraction of sp³-hybridized carbons (Fsp3) is 0.0714. The third-order valence-electron chi connectivity index (χ3n) is 2.89. The van der Waals surface area contributed by atoms with Crippen molar-refractivity contribution < 1.29 is 28.0 Å². The summed E-state index contributed by atoms with van der Waals surface area (Å²) in [5, 5.41) is 20.0. The first-order chi connectivity index (χ1) is 10.7. The van der Waals surface area contributed by atoms with E-state index in [2.05, 4.69) is 0 Å². The molecule has 0 amide bonds. The van der Waals surface area contributed by atoms with Crippen LogP contribution < -0.4 is 0 Å². The number of allylic oxidation sites excluding steroid dienone is 1. The zero-order valence-electron chi connectivity index (χ0n) is 11.3. The molecule has 0 fully saturated rings. The number of halogens is 3. The number of nitro groups is 1. The van der Waals surface area contributed by atoms with Crippen LogP contribution in [0.15, 0.2) is 36.5 Å². The van der Waals surface area contributed by atoms with E-state index in [0.29, 0.717) is 0 Å². The Kier molecular flexibility index (Phi) is 4.21. The third-order valence-corrected chi connectivity index (χ3v) is 2.89. The van der Waals surface area contributed by atoms with Crippen molar-refractivity contribution in [1.82, 2.24) is 4.98 Å². The summed E-state index contributed by atoms with van der Waals surface area (Å²) in [5.74, 6) is -1.24. The van der Waals surface area contributed by atoms with Crippen LogP contribution in [-0.4, -0.2) is 20.8 Å². The summed E-state index contributed by atoms with van der Waals surface area (Å²) >= 11 is 0. The van der Waals surface area contributed by atoms with Gasteiger partial charge in [-0.2, -0.15) is 13.2 Å². The molecule has 2 rings (SSSR count). The van der Waals surface area contributed by atoms with E-state index in [1.807, 2.05) is 4.98 Å². The normalized spacial score (nSPS) is 11.8. The topological polar surface area (TPSA) is 96.2 Å². The molecular formula is C14H9F3N2O4. The molecule has 6 nitrogen and oxygen atoms in total. The van der Waals surface area contributed by atoms with Gasteiger partial charge in [0.25, 0.3) is 0 Å². The van der Waals surface area contributed by atoms with Crippen molar-refractivity contribution in [2.45, 2.75) is 6.18 Å². The van der Waals surface area contributed by atoms with Crippen molar-refractivity contribution in [1.29, 1.82) is 0 Å². The van der Waals surface area contributed by atoms with Gasteiger partial charge in [0.05, 0.1) is 4.92 Å². The SMILES string of the molecule is O=C(C=Cc1c[nH]c(C(F)(F)F)c1)c1ccc(O)c([N+](=O)[O-])c1. The smallest absolute Gasteiger partial charge is 0.431 e. The third kappa shape index (κ3) is 3.76. The van der Waals surface area contributed by atoms with Crippen LogP contribution in [0.5, 0.6) is 5.75 Å². The minimum absolute atomic E-state index is 0.0719. The van der Waals surface area contributed by atoms with E-state index in [4.69, 9.17) is 0 Å². The maximum Gasteiger partial charge on any atom is 0.431 e. The molecule has 2 N–H and O–H groups in total. The lowest BCUT2D eigenvalue weighted by Gasteiger charge is -2.00. The molecule has 1 aromatic heterocycles. The second-order valence-electron chi connectivity index (χ2n) is 4.50. The molecule has 0 saturated carbocycles. The monoisotopic (exact) mass is 326 g/mol. The maximum atomic E-state index is 12.4. The van der Waals surface area contributed by atoms with Gasteiger partial charge in [-0.1, -0.05) is 0 Å². The van der Waals surface area contributed by atoms with Gasteiger partial charge in [-0.05, 0) is 35.9 Å². The van der Waals surface area contributed by atoms with Crippen molar-refractivity contribution in [3.63, 3.8) is 0 Å². The average Bonchev–Trinajstić information content (AvgIpc) is 2.94. The number of nitrogens with one attached hydrogen (secondary N) is 1. The number of phenols is 1. The van der Waals surface area contributed by atoms with Crippen LogP contribution in [0.25, 0.3) is 6.08 Å². The predicted octanol–water partition coefficient (Wildman–Crippen LogP) is 3.54. The maximum absolute atomic E-state index is 12.4. The van der Waals surface area contributed by atoms with Crippen molar-refractivity contribution in [3.8, 4) is 5.75 Å². The van der Waals surface area contributed by atoms with Gasteiger partial charge in [0.2, 0.25) is 0 Å². The first-order valence-corrected chi connectivity index (χ1v) is 6.14. The number of carbonyl (C=O) groups is 1. The lowest BCUT2D eigenvalue weighted by molar-refractivity contribution is -0.385. The summed E-state index contributed by atoms with van der Waals surface area (Å²) in [7, 11) is 0. The van der Waals surface area contributed by atoms with Gasteiger partial charge in [-0.15, -0.1) is 0 Å². The summed E-state index contributed by atoms with van der Waals surface area (Å²) in [6.07, 6.45) is -1.31. The highest BCUT2D eigenvalue weighted by molar-refractivity contribution is 6.07. The van der Waals surface area contributed by atoms with E-state index < -0.39 is 34.0 Å². The van der Waals surface area contributed by atoms with Gasteiger partial charge in [0.15, 0.2) is 11.5 Å². The molecule has 120 valence electrons. The molecular weight excluding hydrogens is 317 g/mol. The van der Waals surface area contributed by atoms with E-state index in [9.17, 15) is 33.2 Å². The summed E-state index contributed by atoms with van der Waals surface area (Å²) in [5.41, 5.74) is -1.54. The summed E-state index contributed by atoms with van der Waals surface area (Å²) < 4.78 is 37.2. The highest BCUT2D eigenvalue weighted by Gasteiger charge is 2.31. The van der Waals surface area contributed by atoms with Gasteiger partial charge >= 0.3 is 11.9 Å². The van der Waals surface area contributed by atoms with E-state index >= 15 is 0 Å². The van der Waals surface area contributed by atoms with Gasteiger partial charge in [-0.25, -0.2) is 0 Å². The number of nitro benzene ring substituents is 1. The summed E-state index contributed by atoms with van der Waals surface area (Å²) in [6.45, 7) is 0. The van der Waals surface area contributed by atoms with Gasteiger partial charge < -0.3 is 10.1 Å². The number of hydrogen-bond acceptors (Lipinski definition) is 4. The van der Waals surface area contributed by atoms with Crippen LogP contribution in [0.1, 0.15) is 21.6 Å². The molecule has 0 aliphatic heterocycles. The number of phenolic OH excluding ortho intramolecular Hbond substituents is 1. The Morgan fingerprint density at radius 2 is 2.00 bits per heavy atom. The quantitative estimate of drug-likeness (QED) is 0.389. The largest absolute Gasteiger partial charge is 0.502 e. The van der Waals surface area contributed by atoms with Crippen LogP contribution in [0.2, 0.25) is 0 Å².